The van der Waals surface area contributed by atoms with Crippen molar-refractivity contribution in [1.29, 1.82) is 0 Å². The van der Waals surface area contributed by atoms with Crippen molar-refractivity contribution in [3.8, 4) is 0 Å². The lowest BCUT2D eigenvalue weighted by Crippen LogP contribution is -2.49. The minimum atomic E-state index is -5.08. The van der Waals surface area contributed by atoms with Crippen LogP contribution in [0.5, 0.6) is 0 Å². The van der Waals surface area contributed by atoms with Crippen LogP contribution in [-0.4, -0.2) is 73.3 Å². The molecule has 0 radical (unpaired) electrons. The van der Waals surface area contributed by atoms with Gasteiger partial charge in [-0.2, -0.15) is 18.3 Å². The summed E-state index contributed by atoms with van der Waals surface area (Å²) in [6.45, 7) is 3.65. The summed E-state index contributed by atoms with van der Waals surface area (Å²) in [6.07, 6.45) is -4.57. The van der Waals surface area contributed by atoms with E-state index in [0.717, 1.165) is 11.4 Å². The number of carbonyl (C=O) groups excluding carboxylic acids is 2. The number of carboxylic acid groups (broad SMARTS) is 1. The highest BCUT2D eigenvalue weighted by Crippen LogP contribution is 2.41. The summed E-state index contributed by atoms with van der Waals surface area (Å²) in [5.74, 6) is -3.22. The molecule has 2 saturated heterocycles. The molecule has 4 rings (SSSR count). The first-order chi connectivity index (χ1) is 17.2. The molecule has 1 atom stereocenters. The third-order valence-electron chi connectivity index (χ3n) is 6.30. The Bertz CT molecular complexity index is 1170. The number of nitrogens with zero attached hydrogens (tertiary/aromatic N) is 5. The van der Waals surface area contributed by atoms with Gasteiger partial charge in [0.25, 0.3) is 12.3 Å². The van der Waals surface area contributed by atoms with E-state index in [4.69, 9.17) is 9.90 Å². The lowest BCUT2D eigenvalue weighted by Gasteiger charge is -2.39. The zero-order valence-corrected chi connectivity index (χ0v) is 20.1. The Morgan fingerprint density at radius 3 is 2.46 bits per heavy atom. The topological polar surface area (TPSA) is 109 Å². The van der Waals surface area contributed by atoms with Crippen LogP contribution < -0.4 is 0 Å². The SMILES string of the molecule is Cc1cccc(CN2CCC3(CCCN(C(=O)c4cn(C)nc4C(F)F)C3)C2=O)n1.O=C(O)C(F)(F)F. The maximum absolute atomic E-state index is 13.3. The third-order valence-corrected chi connectivity index (χ3v) is 6.30. The fraction of sp³-hybridized carbons (Fsp3) is 0.522. The fourth-order valence-electron chi connectivity index (χ4n) is 4.61. The molecule has 0 aliphatic carbocycles. The van der Waals surface area contributed by atoms with E-state index in [9.17, 15) is 31.5 Å². The molecule has 2 aromatic heterocycles. The molecule has 1 unspecified atom stereocenters. The van der Waals surface area contributed by atoms with Gasteiger partial charge < -0.3 is 14.9 Å². The molecule has 2 aromatic rings. The summed E-state index contributed by atoms with van der Waals surface area (Å²) in [4.78, 5) is 43.0. The van der Waals surface area contributed by atoms with Crippen LogP contribution in [0.4, 0.5) is 22.0 Å². The average Bonchev–Trinajstić information content (AvgIpc) is 3.34. The van der Waals surface area contributed by atoms with E-state index in [1.807, 2.05) is 25.1 Å². The molecule has 1 spiro atoms. The van der Waals surface area contributed by atoms with E-state index in [1.54, 1.807) is 9.80 Å². The molecule has 2 aliphatic heterocycles. The Hall–Kier alpha value is -3.58. The van der Waals surface area contributed by atoms with E-state index in [2.05, 4.69) is 10.1 Å². The first-order valence-electron chi connectivity index (χ1n) is 11.4. The predicted octanol–water partition coefficient (Wildman–Crippen LogP) is 3.35. The van der Waals surface area contributed by atoms with Gasteiger partial charge in [0.05, 0.1) is 23.2 Å². The van der Waals surface area contributed by atoms with Crippen LogP contribution in [0.3, 0.4) is 0 Å². The number of halogens is 5. The van der Waals surface area contributed by atoms with Crippen LogP contribution in [0, 0.1) is 12.3 Å². The molecular weight excluding hydrogens is 505 g/mol. The van der Waals surface area contributed by atoms with Crippen molar-refractivity contribution in [2.45, 2.75) is 45.3 Å². The second-order valence-electron chi connectivity index (χ2n) is 9.06. The number of rotatable bonds is 4. The highest BCUT2D eigenvalue weighted by Gasteiger charge is 2.50. The molecule has 202 valence electrons. The standard InChI is InChI=1S/C21H25F2N5O2.C2HF3O2/c1-14-5-3-6-15(24-14)11-27-10-8-21(20(27)30)7-4-9-28(13-21)19(29)16-12-26(2)25-17(16)18(22)23;3-2(4,5)1(6)7/h3,5-6,12,18H,4,7-11,13H2,1-2H3;(H,6,7). The maximum Gasteiger partial charge on any atom is 0.490 e. The largest absolute Gasteiger partial charge is 0.490 e. The lowest BCUT2D eigenvalue weighted by molar-refractivity contribution is -0.192. The van der Waals surface area contributed by atoms with Crippen molar-refractivity contribution in [3.05, 3.63) is 47.0 Å². The number of amides is 2. The zero-order chi connectivity index (χ0) is 27.5. The maximum atomic E-state index is 13.3. The summed E-state index contributed by atoms with van der Waals surface area (Å²) in [5.41, 5.74) is 0.490. The van der Waals surface area contributed by atoms with Crippen LogP contribution >= 0.6 is 0 Å². The smallest absolute Gasteiger partial charge is 0.475 e. The molecule has 4 heterocycles. The number of hydrogen-bond donors (Lipinski definition) is 1. The monoisotopic (exact) mass is 531 g/mol. The van der Waals surface area contributed by atoms with Gasteiger partial charge in [-0.3, -0.25) is 19.3 Å². The van der Waals surface area contributed by atoms with E-state index in [0.29, 0.717) is 38.9 Å². The van der Waals surface area contributed by atoms with Gasteiger partial charge in [0, 0.05) is 38.6 Å². The third kappa shape index (κ3) is 6.41. The van der Waals surface area contributed by atoms with E-state index in [-0.39, 0.29) is 18.0 Å². The number of hydrogen-bond acceptors (Lipinski definition) is 5. The number of aliphatic carboxylic acids is 1. The molecular formula is C23H26F5N5O4. The molecule has 2 amide bonds. The molecule has 0 saturated carbocycles. The number of carboxylic acids is 1. The average molecular weight is 531 g/mol. The second-order valence-corrected chi connectivity index (χ2v) is 9.06. The van der Waals surface area contributed by atoms with Gasteiger partial charge in [-0.25, -0.2) is 13.6 Å². The van der Waals surface area contributed by atoms with Crippen LogP contribution in [0.15, 0.2) is 24.4 Å². The molecule has 14 heteroatoms. The molecule has 1 N–H and O–H groups in total. The second kappa shape index (κ2) is 10.8. The molecule has 0 aromatic carbocycles. The number of pyridine rings is 1. The number of alkyl halides is 5. The molecule has 0 bridgehead atoms. The summed E-state index contributed by atoms with van der Waals surface area (Å²) < 4.78 is 59.6. The van der Waals surface area contributed by atoms with Crippen LogP contribution in [-0.2, 0) is 23.2 Å². The number of carbonyl (C=O) groups is 3. The van der Waals surface area contributed by atoms with Gasteiger partial charge in [0.15, 0.2) is 0 Å². The fourth-order valence-corrected chi connectivity index (χ4v) is 4.61. The molecule has 2 fully saturated rings. The normalized spacial score (nSPS) is 19.8. The van der Waals surface area contributed by atoms with Crippen molar-refractivity contribution >= 4 is 17.8 Å². The molecule has 37 heavy (non-hydrogen) atoms. The summed E-state index contributed by atoms with van der Waals surface area (Å²) in [6, 6.07) is 5.73. The van der Waals surface area contributed by atoms with Crippen molar-refractivity contribution in [3.63, 3.8) is 0 Å². The Morgan fingerprint density at radius 2 is 1.86 bits per heavy atom. The summed E-state index contributed by atoms with van der Waals surface area (Å²) in [5, 5.41) is 10.9. The van der Waals surface area contributed by atoms with Crippen LogP contribution in [0.2, 0.25) is 0 Å². The highest BCUT2D eigenvalue weighted by atomic mass is 19.4. The van der Waals surface area contributed by atoms with Gasteiger partial charge in [0.1, 0.15) is 5.69 Å². The Balaban J connectivity index is 0.000000479. The lowest BCUT2D eigenvalue weighted by atomic mass is 9.78. The summed E-state index contributed by atoms with van der Waals surface area (Å²) >= 11 is 0. The van der Waals surface area contributed by atoms with Gasteiger partial charge in [-0.15, -0.1) is 0 Å². The Morgan fingerprint density at radius 1 is 1.19 bits per heavy atom. The van der Waals surface area contributed by atoms with Crippen molar-refractivity contribution in [1.82, 2.24) is 24.6 Å². The van der Waals surface area contributed by atoms with Gasteiger partial charge in [0.2, 0.25) is 5.91 Å². The molecule has 2 aliphatic rings. The van der Waals surface area contributed by atoms with Gasteiger partial charge >= 0.3 is 12.1 Å². The number of aromatic nitrogens is 3. The summed E-state index contributed by atoms with van der Waals surface area (Å²) in [7, 11) is 1.51. The van der Waals surface area contributed by atoms with Crippen LogP contribution in [0.25, 0.3) is 0 Å². The van der Waals surface area contributed by atoms with E-state index >= 15 is 0 Å². The number of aryl methyl sites for hydroxylation is 2. The van der Waals surface area contributed by atoms with E-state index < -0.39 is 35.6 Å². The van der Waals surface area contributed by atoms with Gasteiger partial charge in [-0.05, 0) is 38.3 Å². The first-order valence-corrected chi connectivity index (χ1v) is 11.4. The number of likely N-dealkylation sites (tertiary alicyclic amines) is 2. The minimum Gasteiger partial charge on any atom is -0.475 e. The van der Waals surface area contributed by atoms with Crippen molar-refractivity contribution in [2.24, 2.45) is 12.5 Å². The Labute approximate surface area is 208 Å². The van der Waals surface area contributed by atoms with E-state index in [1.165, 1.54) is 17.9 Å². The quantitative estimate of drug-likeness (QED) is 0.607. The molecule has 9 nitrogen and oxygen atoms in total. The zero-order valence-electron chi connectivity index (χ0n) is 20.1. The van der Waals surface area contributed by atoms with Gasteiger partial charge in [-0.1, -0.05) is 6.07 Å². The highest BCUT2D eigenvalue weighted by molar-refractivity contribution is 5.96. The Kier molecular flexibility index (Phi) is 8.18. The number of piperidine rings is 1. The van der Waals surface area contributed by atoms with Crippen molar-refractivity contribution < 1.29 is 41.4 Å². The minimum absolute atomic E-state index is 0.0172. The van der Waals surface area contributed by atoms with Crippen LogP contribution in [0.1, 0.15) is 53.1 Å². The first kappa shape index (κ1) is 28.0. The van der Waals surface area contributed by atoms with Crippen molar-refractivity contribution in [2.75, 3.05) is 19.6 Å². The predicted molar refractivity (Wildman–Crippen MR) is 118 cm³/mol.